The minimum Gasteiger partial charge on any atom is -0.383 e. The Morgan fingerprint density at radius 1 is 1.47 bits per heavy atom. The van der Waals surface area contributed by atoms with Gasteiger partial charge in [-0.15, -0.1) is 0 Å². The zero-order chi connectivity index (χ0) is 13.7. The predicted molar refractivity (Wildman–Crippen MR) is 77.0 cm³/mol. The second kappa shape index (κ2) is 6.53. The van der Waals surface area contributed by atoms with Crippen LogP contribution in [-0.2, 0) is 17.8 Å². The van der Waals surface area contributed by atoms with E-state index in [0.717, 1.165) is 25.5 Å². The maximum absolute atomic E-state index is 5.15. The number of hydrogen-bond acceptors (Lipinski definition) is 3. The van der Waals surface area contributed by atoms with Gasteiger partial charge >= 0.3 is 0 Å². The van der Waals surface area contributed by atoms with Gasteiger partial charge in [-0.3, -0.25) is 4.90 Å². The minimum absolute atomic E-state index is 0.488. The monoisotopic (exact) mass is 265 g/mol. The fraction of sp³-hybridized carbons (Fsp3) is 0.800. The highest BCUT2D eigenvalue weighted by atomic mass is 16.5. The molecular formula is C15H27N3O. The topological polar surface area (TPSA) is 30.3 Å². The molecule has 108 valence electrons. The molecular weight excluding hydrogens is 238 g/mol. The van der Waals surface area contributed by atoms with E-state index in [4.69, 9.17) is 4.74 Å². The largest absolute Gasteiger partial charge is 0.383 e. The summed E-state index contributed by atoms with van der Waals surface area (Å²) in [6, 6.07) is 0. The molecule has 0 saturated carbocycles. The second-order valence-corrected chi connectivity index (χ2v) is 6.01. The molecule has 1 fully saturated rings. The number of aromatic nitrogens is 2. The Bertz CT molecular complexity index is 390. The number of piperidine rings is 1. The van der Waals surface area contributed by atoms with Crippen LogP contribution in [0.15, 0.2) is 12.4 Å². The van der Waals surface area contributed by atoms with E-state index < -0.39 is 0 Å². The number of nitrogens with zero attached hydrogens (tertiary/aromatic N) is 3. The molecule has 0 spiro atoms. The first kappa shape index (κ1) is 14.5. The minimum atomic E-state index is 0.488. The highest BCUT2D eigenvalue weighted by molar-refractivity contribution is 4.94. The van der Waals surface area contributed by atoms with Crippen molar-refractivity contribution < 1.29 is 4.74 Å². The van der Waals surface area contributed by atoms with Crippen molar-refractivity contribution in [1.29, 1.82) is 0 Å². The van der Waals surface area contributed by atoms with Crippen molar-refractivity contribution in [3.63, 3.8) is 0 Å². The molecule has 0 amide bonds. The summed E-state index contributed by atoms with van der Waals surface area (Å²) in [6.45, 7) is 9.72. The molecule has 0 aliphatic carbocycles. The molecule has 1 saturated heterocycles. The molecule has 1 aliphatic rings. The van der Waals surface area contributed by atoms with Crippen LogP contribution in [-0.4, -0.2) is 41.3 Å². The predicted octanol–water partition coefficient (Wildman–Crippen LogP) is 2.54. The Morgan fingerprint density at radius 3 is 3.05 bits per heavy atom. The lowest BCUT2D eigenvalue weighted by atomic mass is 9.80. The van der Waals surface area contributed by atoms with Crippen LogP contribution in [0, 0.1) is 5.41 Å². The molecule has 1 aromatic heterocycles. The molecule has 1 aliphatic heterocycles. The van der Waals surface area contributed by atoms with Crippen molar-refractivity contribution >= 4 is 0 Å². The molecule has 0 aromatic carbocycles. The van der Waals surface area contributed by atoms with E-state index in [0.29, 0.717) is 5.41 Å². The van der Waals surface area contributed by atoms with Crippen molar-refractivity contribution in [2.24, 2.45) is 5.41 Å². The summed E-state index contributed by atoms with van der Waals surface area (Å²) in [5.41, 5.74) is 0.488. The number of imidazole rings is 1. The van der Waals surface area contributed by atoms with Crippen LogP contribution in [0.25, 0.3) is 0 Å². The molecule has 2 rings (SSSR count). The fourth-order valence-corrected chi connectivity index (χ4v) is 2.94. The molecule has 1 aromatic rings. The van der Waals surface area contributed by atoms with Crippen molar-refractivity contribution in [2.75, 3.05) is 26.8 Å². The van der Waals surface area contributed by atoms with Gasteiger partial charge in [0.15, 0.2) is 0 Å². The highest BCUT2D eigenvalue weighted by Crippen LogP contribution is 2.32. The first-order valence-corrected chi connectivity index (χ1v) is 7.38. The molecule has 2 heterocycles. The van der Waals surface area contributed by atoms with Gasteiger partial charge in [-0.05, 0) is 31.2 Å². The van der Waals surface area contributed by atoms with Crippen LogP contribution in [0.3, 0.4) is 0 Å². The molecule has 19 heavy (non-hydrogen) atoms. The maximum atomic E-state index is 5.15. The van der Waals surface area contributed by atoms with Crippen molar-refractivity contribution in [2.45, 2.75) is 46.2 Å². The Kier molecular flexibility index (Phi) is 4.99. The maximum Gasteiger partial charge on any atom is 0.122 e. The number of hydrogen-bond donors (Lipinski definition) is 0. The molecule has 1 unspecified atom stereocenters. The lowest BCUT2D eigenvalue weighted by Gasteiger charge is -2.39. The summed E-state index contributed by atoms with van der Waals surface area (Å²) in [4.78, 5) is 7.06. The summed E-state index contributed by atoms with van der Waals surface area (Å²) in [5, 5.41) is 0. The van der Waals surface area contributed by atoms with Crippen LogP contribution in [0.4, 0.5) is 0 Å². The van der Waals surface area contributed by atoms with Gasteiger partial charge in [0.25, 0.3) is 0 Å². The van der Waals surface area contributed by atoms with E-state index in [2.05, 4.69) is 34.5 Å². The third-order valence-electron chi connectivity index (χ3n) is 4.42. The van der Waals surface area contributed by atoms with E-state index in [-0.39, 0.29) is 0 Å². The van der Waals surface area contributed by atoms with Crippen molar-refractivity contribution in [1.82, 2.24) is 14.5 Å². The first-order valence-electron chi connectivity index (χ1n) is 7.38. The molecule has 4 nitrogen and oxygen atoms in total. The third kappa shape index (κ3) is 3.80. The normalized spacial score (nSPS) is 24.8. The third-order valence-corrected chi connectivity index (χ3v) is 4.42. The average Bonchev–Trinajstić information content (AvgIpc) is 2.84. The van der Waals surface area contributed by atoms with Gasteiger partial charge in [-0.2, -0.15) is 0 Å². The van der Waals surface area contributed by atoms with Crippen LogP contribution in [0.2, 0.25) is 0 Å². The summed E-state index contributed by atoms with van der Waals surface area (Å²) in [7, 11) is 1.74. The quantitative estimate of drug-likeness (QED) is 0.792. The SMILES string of the molecule is CCC1(C)CCCN(Cc2nccn2CCOC)C1. The summed E-state index contributed by atoms with van der Waals surface area (Å²) in [6.07, 6.45) is 7.88. The van der Waals surface area contributed by atoms with Gasteiger partial charge < -0.3 is 9.30 Å². The fourth-order valence-electron chi connectivity index (χ4n) is 2.94. The van der Waals surface area contributed by atoms with Crippen molar-refractivity contribution in [3.05, 3.63) is 18.2 Å². The van der Waals surface area contributed by atoms with Gasteiger partial charge in [-0.1, -0.05) is 13.8 Å². The Morgan fingerprint density at radius 2 is 2.32 bits per heavy atom. The Balaban J connectivity index is 1.95. The summed E-state index contributed by atoms with van der Waals surface area (Å²) >= 11 is 0. The van der Waals surface area contributed by atoms with Crippen LogP contribution >= 0.6 is 0 Å². The Labute approximate surface area is 116 Å². The first-order chi connectivity index (χ1) is 9.17. The highest BCUT2D eigenvalue weighted by Gasteiger charge is 2.29. The van der Waals surface area contributed by atoms with Gasteiger partial charge in [-0.25, -0.2) is 4.98 Å². The number of likely N-dealkylation sites (tertiary alicyclic amines) is 1. The molecule has 4 heteroatoms. The standard InChI is InChI=1S/C15H27N3O/c1-4-15(2)6-5-8-17(13-15)12-14-16-7-9-18(14)10-11-19-3/h7,9H,4-6,8,10-13H2,1-3H3. The zero-order valence-electron chi connectivity index (χ0n) is 12.6. The molecule has 0 N–H and O–H groups in total. The molecule has 0 radical (unpaired) electrons. The summed E-state index contributed by atoms with van der Waals surface area (Å²) in [5.74, 6) is 1.16. The molecule has 1 atom stereocenters. The smallest absolute Gasteiger partial charge is 0.122 e. The average molecular weight is 265 g/mol. The zero-order valence-corrected chi connectivity index (χ0v) is 12.6. The summed E-state index contributed by atoms with van der Waals surface area (Å²) < 4.78 is 7.36. The van der Waals surface area contributed by atoms with E-state index in [1.54, 1.807) is 7.11 Å². The van der Waals surface area contributed by atoms with E-state index in [1.165, 1.54) is 32.4 Å². The van der Waals surface area contributed by atoms with E-state index in [1.807, 2.05) is 6.20 Å². The van der Waals surface area contributed by atoms with Crippen LogP contribution in [0.1, 0.15) is 38.9 Å². The lowest BCUT2D eigenvalue weighted by Crippen LogP contribution is -2.41. The van der Waals surface area contributed by atoms with Crippen LogP contribution in [0.5, 0.6) is 0 Å². The van der Waals surface area contributed by atoms with Gasteiger partial charge in [0.05, 0.1) is 13.2 Å². The van der Waals surface area contributed by atoms with Gasteiger partial charge in [0, 0.05) is 32.6 Å². The molecule has 0 bridgehead atoms. The van der Waals surface area contributed by atoms with Crippen molar-refractivity contribution in [3.8, 4) is 0 Å². The Hall–Kier alpha value is -0.870. The van der Waals surface area contributed by atoms with E-state index >= 15 is 0 Å². The number of ether oxygens (including phenoxy) is 1. The van der Waals surface area contributed by atoms with Gasteiger partial charge in [0.2, 0.25) is 0 Å². The lowest BCUT2D eigenvalue weighted by molar-refractivity contribution is 0.0900. The van der Waals surface area contributed by atoms with Gasteiger partial charge in [0.1, 0.15) is 5.82 Å². The number of rotatable bonds is 6. The number of methoxy groups -OCH3 is 1. The second-order valence-electron chi connectivity index (χ2n) is 6.01. The van der Waals surface area contributed by atoms with Crippen LogP contribution < -0.4 is 0 Å². The van der Waals surface area contributed by atoms with E-state index in [9.17, 15) is 0 Å².